The molecule has 0 spiro atoms. The molecule has 0 saturated carbocycles. The fraction of sp³-hybridized carbons (Fsp3) is 0.350. The smallest absolute Gasteiger partial charge is 0.253 e. The molecule has 2 aromatic carbocycles. The van der Waals surface area contributed by atoms with Gasteiger partial charge in [-0.3, -0.25) is 4.79 Å². The Bertz CT molecular complexity index is 867. The molecule has 7 heteroatoms. The summed E-state index contributed by atoms with van der Waals surface area (Å²) in [6.45, 7) is 2.76. The lowest BCUT2D eigenvalue weighted by molar-refractivity contribution is 0.0790. The van der Waals surface area contributed by atoms with Crippen LogP contribution in [0.1, 0.15) is 30.1 Å². The average Bonchev–Trinajstić information content (AvgIpc) is 3.10. The van der Waals surface area contributed by atoms with Crippen molar-refractivity contribution >= 4 is 15.9 Å². The van der Waals surface area contributed by atoms with Crippen molar-refractivity contribution in [2.24, 2.45) is 0 Å². The number of nitrogens with zero attached hydrogens (tertiary/aromatic N) is 1. The van der Waals surface area contributed by atoms with Gasteiger partial charge in [0.2, 0.25) is 10.0 Å². The van der Waals surface area contributed by atoms with Crippen LogP contribution in [0, 0.1) is 0 Å². The van der Waals surface area contributed by atoms with Crippen LogP contribution in [0.4, 0.5) is 0 Å². The van der Waals surface area contributed by atoms with Crippen LogP contribution in [-0.2, 0) is 10.0 Å². The van der Waals surface area contributed by atoms with E-state index >= 15 is 0 Å². The monoisotopic (exact) mass is 388 g/mol. The lowest BCUT2D eigenvalue weighted by Gasteiger charge is -2.17. The Kier molecular flexibility index (Phi) is 6.13. The minimum atomic E-state index is -3.27. The van der Waals surface area contributed by atoms with Gasteiger partial charge in [-0.05, 0) is 49.2 Å². The third-order valence-corrected chi connectivity index (χ3v) is 6.01. The molecule has 0 radical (unpaired) electrons. The standard InChI is InChI=1S/C20H24N2O4S/c1-2-14-27(24,25)21-17-12-13-22(15-17)20(23)16-8-10-19(11-9-16)26-18-6-4-3-5-7-18/h3-11,17,21H,2,12-15H2,1H3/t17-/m0/s1. The van der Waals surface area contributed by atoms with Gasteiger partial charge in [0.15, 0.2) is 0 Å². The van der Waals surface area contributed by atoms with Crippen molar-refractivity contribution in [3.63, 3.8) is 0 Å². The third kappa shape index (κ3) is 5.30. The molecule has 0 aliphatic carbocycles. The summed E-state index contributed by atoms with van der Waals surface area (Å²) >= 11 is 0. The van der Waals surface area contributed by atoms with Gasteiger partial charge in [0.25, 0.3) is 5.91 Å². The number of carbonyl (C=O) groups excluding carboxylic acids is 1. The lowest BCUT2D eigenvalue weighted by Crippen LogP contribution is -2.39. The number of hydrogen-bond acceptors (Lipinski definition) is 4. The number of ether oxygens (including phenoxy) is 1. The minimum absolute atomic E-state index is 0.0987. The normalized spacial score (nSPS) is 17.1. The predicted octanol–water partition coefficient (Wildman–Crippen LogP) is 3.02. The minimum Gasteiger partial charge on any atom is -0.457 e. The molecule has 1 N–H and O–H groups in total. The molecule has 1 aliphatic heterocycles. The maximum Gasteiger partial charge on any atom is 0.253 e. The second-order valence-electron chi connectivity index (χ2n) is 6.61. The summed E-state index contributed by atoms with van der Waals surface area (Å²) in [7, 11) is -3.27. The van der Waals surface area contributed by atoms with Crippen molar-refractivity contribution < 1.29 is 17.9 Å². The van der Waals surface area contributed by atoms with Crippen LogP contribution < -0.4 is 9.46 Å². The van der Waals surface area contributed by atoms with E-state index in [1.165, 1.54) is 0 Å². The topological polar surface area (TPSA) is 75.7 Å². The molecule has 0 unspecified atom stereocenters. The molecule has 27 heavy (non-hydrogen) atoms. The molecule has 1 aliphatic rings. The fourth-order valence-corrected chi connectivity index (χ4v) is 4.45. The van der Waals surface area contributed by atoms with E-state index in [-0.39, 0.29) is 17.7 Å². The number of hydrogen-bond donors (Lipinski definition) is 1. The average molecular weight is 388 g/mol. The van der Waals surface area contributed by atoms with Crippen molar-refractivity contribution in [1.82, 2.24) is 9.62 Å². The van der Waals surface area contributed by atoms with E-state index in [0.717, 1.165) is 5.75 Å². The summed E-state index contributed by atoms with van der Waals surface area (Å²) in [6.07, 6.45) is 1.20. The van der Waals surface area contributed by atoms with Crippen molar-refractivity contribution in [2.45, 2.75) is 25.8 Å². The van der Waals surface area contributed by atoms with Gasteiger partial charge in [0, 0.05) is 24.7 Å². The Balaban J connectivity index is 1.58. The van der Waals surface area contributed by atoms with Gasteiger partial charge in [0.05, 0.1) is 5.75 Å². The molecule has 1 atom stereocenters. The Morgan fingerprint density at radius 2 is 1.78 bits per heavy atom. The third-order valence-electron chi connectivity index (χ3n) is 4.37. The van der Waals surface area contributed by atoms with Gasteiger partial charge < -0.3 is 9.64 Å². The molecule has 0 bridgehead atoms. The summed E-state index contributed by atoms with van der Waals surface area (Å²) in [5.41, 5.74) is 0.562. The molecule has 6 nitrogen and oxygen atoms in total. The van der Waals surface area contributed by atoms with Crippen LogP contribution in [0.5, 0.6) is 11.5 Å². The van der Waals surface area contributed by atoms with E-state index in [1.54, 1.807) is 29.2 Å². The molecule has 1 saturated heterocycles. The Labute approximate surface area is 160 Å². The number of benzene rings is 2. The molecular weight excluding hydrogens is 364 g/mol. The lowest BCUT2D eigenvalue weighted by atomic mass is 10.2. The number of likely N-dealkylation sites (tertiary alicyclic amines) is 1. The second kappa shape index (κ2) is 8.54. The number of para-hydroxylation sites is 1. The van der Waals surface area contributed by atoms with Crippen LogP contribution in [-0.4, -0.2) is 44.1 Å². The summed E-state index contributed by atoms with van der Waals surface area (Å²) in [4.78, 5) is 14.3. The maximum absolute atomic E-state index is 12.7. The summed E-state index contributed by atoms with van der Waals surface area (Å²) in [6, 6.07) is 16.2. The van der Waals surface area contributed by atoms with E-state index in [1.807, 2.05) is 37.3 Å². The quantitative estimate of drug-likeness (QED) is 0.791. The zero-order valence-corrected chi connectivity index (χ0v) is 16.1. The van der Waals surface area contributed by atoms with Gasteiger partial charge in [-0.25, -0.2) is 13.1 Å². The SMILES string of the molecule is CCCS(=O)(=O)N[C@H]1CCN(C(=O)c2ccc(Oc3ccccc3)cc2)C1. The number of amides is 1. The Hall–Kier alpha value is -2.38. The van der Waals surface area contributed by atoms with Crippen LogP contribution in [0.15, 0.2) is 54.6 Å². The van der Waals surface area contributed by atoms with Crippen LogP contribution in [0.3, 0.4) is 0 Å². The summed E-state index contributed by atoms with van der Waals surface area (Å²) in [5, 5.41) is 0. The van der Waals surface area contributed by atoms with Gasteiger partial charge in [0.1, 0.15) is 11.5 Å². The van der Waals surface area contributed by atoms with E-state index in [4.69, 9.17) is 4.74 Å². The number of carbonyl (C=O) groups is 1. The molecule has 0 aromatic heterocycles. The van der Waals surface area contributed by atoms with Crippen molar-refractivity contribution in [2.75, 3.05) is 18.8 Å². The Morgan fingerprint density at radius 1 is 1.11 bits per heavy atom. The highest BCUT2D eigenvalue weighted by Crippen LogP contribution is 2.22. The highest BCUT2D eigenvalue weighted by molar-refractivity contribution is 7.89. The highest BCUT2D eigenvalue weighted by Gasteiger charge is 2.29. The largest absolute Gasteiger partial charge is 0.457 e. The fourth-order valence-electron chi connectivity index (χ4n) is 3.10. The van der Waals surface area contributed by atoms with Crippen LogP contribution in [0.25, 0.3) is 0 Å². The van der Waals surface area contributed by atoms with Gasteiger partial charge in [-0.1, -0.05) is 25.1 Å². The number of sulfonamides is 1. The number of rotatable bonds is 7. The highest BCUT2D eigenvalue weighted by atomic mass is 32.2. The summed E-state index contributed by atoms with van der Waals surface area (Å²) in [5.74, 6) is 1.40. The summed E-state index contributed by atoms with van der Waals surface area (Å²) < 4.78 is 32.2. The van der Waals surface area contributed by atoms with Crippen LogP contribution in [0.2, 0.25) is 0 Å². The van der Waals surface area contributed by atoms with Crippen molar-refractivity contribution in [3.05, 3.63) is 60.2 Å². The van der Waals surface area contributed by atoms with Crippen molar-refractivity contribution in [3.8, 4) is 11.5 Å². The first-order valence-electron chi connectivity index (χ1n) is 9.09. The van der Waals surface area contributed by atoms with E-state index in [9.17, 15) is 13.2 Å². The Morgan fingerprint density at radius 3 is 2.44 bits per heavy atom. The molecule has 2 aromatic rings. The zero-order chi connectivity index (χ0) is 19.3. The van der Waals surface area contributed by atoms with E-state index in [2.05, 4.69) is 4.72 Å². The first-order valence-corrected chi connectivity index (χ1v) is 10.7. The second-order valence-corrected chi connectivity index (χ2v) is 8.49. The maximum atomic E-state index is 12.7. The zero-order valence-electron chi connectivity index (χ0n) is 15.3. The molecule has 3 rings (SSSR count). The van der Waals surface area contributed by atoms with E-state index in [0.29, 0.717) is 37.2 Å². The van der Waals surface area contributed by atoms with Gasteiger partial charge in [-0.15, -0.1) is 0 Å². The predicted molar refractivity (Wildman–Crippen MR) is 104 cm³/mol. The molecule has 1 fully saturated rings. The van der Waals surface area contributed by atoms with Gasteiger partial charge >= 0.3 is 0 Å². The first-order chi connectivity index (χ1) is 13.0. The van der Waals surface area contributed by atoms with E-state index < -0.39 is 10.0 Å². The molecule has 1 amide bonds. The molecule has 144 valence electrons. The van der Waals surface area contributed by atoms with Crippen LogP contribution >= 0.6 is 0 Å². The van der Waals surface area contributed by atoms with Crippen molar-refractivity contribution in [1.29, 1.82) is 0 Å². The number of nitrogens with one attached hydrogen (secondary N) is 1. The molecule has 1 heterocycles. The first kappa shape index (κ1) is 19.4. The van der Waals surface area contributed by atoms with Gasteiger partial charge in [-0.2, -0.15) is 0 Å². The molecular formula is C20H24N2O4S.